The van der Waals surface area contributed by atoms with Crippen LogP contribution in [0.1, 0.15) is 27.2 Å². The van der Waals surface area contributed by atoms with Crippen LogP contribution in [0.25, 0.3) is 0 Å². The summed E-state index contributed by atoms with van der Waals surface area (Å²) in [6, 6.07) is 0. The first-order chi connectivity index (χ1) is 6.46. The average molecular weight is 325 g/mol. The maximum Gasteiger partial charge on any atom is 0.196 e. The second kappa shape index (κ2) is 5.92. The quantitative estimate of drug-likeness (QED) is 0.742. The molecule has 0 spiro atoms. The first-order valence-corrected chi connectivity index (χ1v) is 5.43. The van der Waals surface area contributed by atoms with Crippen molar-refractivity contribution in [2.75, 3.05) is 33.7 Å². The monoisotopic (exact) mass is 325 g/mol. The minimum atomic E-state index is 0. The Morgan fingerprint density at radius 2 is 1.67 bits per heavy atom. The second-order valence-corrected chi connectivity index (χ2v) is 4.98. The molecule has 0 aliphatic carbocycles. The molecule has 0 aromatic heterocycles. The maximum absolute atomic E-state index is 4.70. The molecule has 0 bridgehead atoms. The molecule has 0 saturated carbocycles. The number of hydrogen-bond donors (Lipinski definition) is 0. The molecule has 0 amide bonds. The normalized spacial score (nSPS) is 16.7. The van der Waals surface area contributed by atoms with Crippen LogP contribution in [0.4, 0.5) is 0 Å². The van der Waals surface area contributed by atoms with Gasteiger partial charge in [-0.05, 0) is 11.8 Å². The number of likely N-dealkylation sites (N-methyl/N-ethyl adjacent to an activating group) is 2. The Bertz CT molecular complexity index is 214. The Balaban J connectivity index is 0.00000196. The van der Waals surface area contributed by atoms with Crippen molar-refractivity contribution < 1.29 is 0 Å². The second-order valence-electron chi connectivity index (χ2n) is 4.98. The van der Waals surface area contributed by atoms with E-state index in [4.69, 9.17) is 4.99 Å². The van der Waals surface area contributed by atoms with Crippen molar-refractivity contribution in [1.82, 2.24) is 9.80 Å². The third-order valence-corrected chi connectivity index (χ3v) is 3.06. The van der Waals surface area contributed by atoms with Crippen LogP contribution in [-0.2, 0) is 0 Å². The molecule has 15 heavy (non-hydrogen) atoms. The summed E-state index contributed by atoms with van der Waals surface area (Å²) in [4.78, 5) is 9.15. The first kappa shape index (κ1) is 15.0. The van der Waals surface area contributed by atoms with E-state index in [9.17, 15) is 0 Å². The molecule has 1 rings (SSSR count). The third-order valence-electron chi connectivity index (χ3n) is 3.06. The molecule has 1 aliphatic heterocycles. The van der Waals surface area contributed by atoms with E-state index < -0.39 is 0 Å². The van der Waals surface area contributed by atoms with Crippen LogP contribution in [-0.4, -0.2) is 49.5 Å². The number of guanidine groups is 1. The molecule has 0 aromatic rings. The summed E-state index contributed by atoms with van der Waals surface area (Å²) < 4.78 is 0. The summed E-state index contributed by atoms with van der Waals surface area (Å²) >= 11 is 0. The fourth-order valence-corrected chi connectivity index (χ4v) is 1.43. The van der Waals surface area contributed by atoms with Gasteiger partial charge in [0.1, 0.15) is 0 Å². The van der Waals surface area contributed by atoms with Crippen molar-refractivity contribution in [3.8, 4) is 0 Å². The summed E-state index contributed by atoms with van der Waals surface area (Å²) in [6.45, 7) is 9.89. The van der Waals surface area contributed by atoms with Gasteiger partial charge in [-0.25, -0.2) is 0 Å². The van der Waals surface area contributed by atoms with Crippen LogP contribution >= 0.6 is 24.0 Å². The number of nitrogens with zero attached hydrogens (tertiary/aromatic N) is 3. The highest BCUT2D eigenvalue weighted by Crippen LogP contribution is 2.20. The van der Waals surface area contributed by atoms with Gasteiger partial charge < -0.3 is 9.80 Å². The van der Waals surface area contributed by atoms with E-state index in [0.717, 1.165) is 25.6 Å². The highest BCUT2D eigenvalue weighted by molar-refractivity contribution is 14.0. The zero-order valence-corrected chi connectivity index (χ0v) is 12.9. The standard InChI is InChI=1S/C11H23N3.HI/c1-6-11(2,3)9-12-10-13(4)7-8-14(10)5;/h6-9H2,1-5H3;1H. The molecule has 1 saturated heterocycles. The highest BCUT2D eigenvalue weighted by Gasteiger charge is 2.21. The van der Waals surface area contributed by atoms with Crippen LogP contribution < -0.4 is 0 Å². The molecule has 4 heteroatoms. The summed E-state index contributed by atoms with van der Waals surface area (Å²) in [5.41, 5.74) is 0.331. The lowest BCUT2D eigenvalue weighted by atomic mass is 9.91. The van der Waals surface area contributed by atoms with Crippen LogP contribution in [0.3, 0.4) is 0 Å². The molecule has 0 N–H and O–H groups in total. The van der Waals surface area contributed by atoms with Gasteiger partial charge in [-0.15, -0.1) is 24.0 Å². The third kappa shape index (κ3) is 4.17. The minimum absolute atomic E-state index is 0. The summed E-state index contributed by atoms with van der Waals surface area (Å²) in [5.74, 6) is 1.14. The zero-order chi connectivity index (χ0) is 10.8. The van der Waals surface area contributed by atoms with E-state index in [1.807, 2.05) is 0 Å². The smallest absolute Gasteiger partial charge is 0.196 e. The highest BCUT2D eigenvalue weighted by atomic mass is 127. The van der Waals surface area contributed by atoms with E-state index >= 15 is 0 Å². The topological polar surface area (TPSA) is 18.8 Å². The van der Waals surface area contributed by atoms with Gasteiger partial charge in [-0.3, -0.25) is 4.99 Å². The van der Waals surface area contributed by atoms with Crippen molar-refractivity contribution >= 4 is 29.9 Å². The van der Waals surface area contributed by atoms with Gasteiger partial charge in [-0.1, -0.05) is 20.8 Å². The molecular weight excluding hydrogens is 301 g/mol. The SMILES string of the molecule is CCC(C)(C)CN=C1N(C)CCN1C.I. The van der Waals surface area contributed by atoms with Gasteiger partial charge in [0.2, 0.25) is 0 Å². The molecule has 3 nitrogen and oxygen atoms in total. The van der Waals surface area contributed by atoms with Crippen LogP contribution in [0.5, 0.6) is 0 Å². The van der Waals surface area contributed by atoms with Gasteiger partial charge in [0.25, 0.3) is 0 Å². The van der Waals surface area contributed by atoms with Crippen molar-refractivity contribution in [2.45, 2.75) is 27.2 Å². The van der Waals surface area contributed by atoms with Crippen molar-refractivity contribution in [1.29, 1.82) is 0 Å². The minimum Gasteiger partial charge on any atom is -0.344 e. The van der Waals surface area contributed by atoms with Crippen molar-refractivity contribution in [3.63, 3.8) is 0 Å². The average Bonchev–Trinajstić information content (AvgIpc) is 2.44. The van der Waals surface area contributed by atoms with Crippen molar-refractivity contribution in [2.24, 2.45) is 10.4 Å². The number of aliphatic imine (C=N–C) groups is 1. The van der Waals surface area contributed by atoms with Gasteiger partial charge in [0.05, 0.1) is 0 Å². The molecule has 1 aliphatic rings. The summed E-state index contributed by atoms with van der Waals surface area (Å²) in [7, 11) is 4.22. The molecule has 0 atom stereocenters. The van der Waals surface area contributed by atoms with Crippen LogP contribution in [0.2, 0.25) is 0 Å². The van der Waals surface area contributed by atoms with Crippen molar-refractivity contribution in [3.05, 3.63) is 0 Å². The molecular formula is C11H24IN3. The lowest BCUT2D eigenvalue weighted by Crippen LogP contribution is -2.30. The first-order valence-electron chi connectivity index (χ1n) is 5.43. The Morgan fingerprint density at radius 1 is 1.20 bits per heavy atom. The largest absolute Gasteiger partial charge is 0.344 e. The number of halogens is 1. The number of rotatable bonds is 3. The fraction of sp³-hybridized carbons (Fsp3) is 0.909. The maximum atomic E-state index is 4.70. The molecule has 1 fully saturated rings. The van der Waals surface area contributed by atoms with Gasteiger partial charge in [-0.2, -0.15) is 0 Å². The van der Waals surface area contributed by atoms with E-state index in [1.165, 1.54) is 6.42 Å². The Hall–Kier alpha value is 0. The van der Waals surface area contributed by atoms with Crippen LogP contribution in [0, 0.1) is 5.41 Å². The Kier molecular flexibility index (Phi) is 5.92. The number of hydrogen-bond acceptors (Lipinski definition) is 1. The predicted molar refractivity (Wildman–Crippen MR) is 77.0 cm³/mol. The van der Waals surface area contributed by atoms with E-state index in [-0.39, 0.29) is 24.0 Å². The molecule has 90 valence electrons. The van der Waals surface area contributed by atoms with Gasteiger partial charge in [0.15, 0.2) is 5.96 Å². The summed E-state index contributed by atoms with van der Waals surface area (Å²) in [5, 5.41) is 0. The molecule has 0 radical (unpaired) electrons. The Labute approximate surface area is 111 Å². The van der Waals surface area contributed by atoms with E-state index in [0.29, 0.717) is 5.41 Å². The van der Waals surface area contributed by atoms with E-state index in [1.54, 1.807) is 0 Å². The Morgan fingerprint density at radius 3 is 2.07 bits per heavy atom. The molecule has 0 unspecified atom stereocenters. The predicted octanol–water partition coefficient (Wildman–Crippen LogP) is 2.27. The summed E-state index contributed by atoms with van der Waals surface area (Å²) in [6.07, 6.45) is 1.18. The van der Waals surface area contributed by atoms with Gasteiger partial charge >= 0.3 is 0 Å². The molecule has 0 aromatic carbocycles. The molecule has 1 heterocycles. The van der Waals surface area contributed by atoms with Gasteiger partial charge in [0, 0.05) is 33.7 Å². The lowest BCUT2D eigenvalue weighted by Gasteiger charge is -2.22. The van der Waals surface area contributed by atoms with Crippen LogP contribution in [0.15, 0.2) is 4.99 Å². The lowest BCUT2D eigenvalue weighted by molar-refractivity contribution is 0.362. The zero-order valence-electron chi connectivity index (χ0n) is 10.6. The van der Waals surface area contributed by atoms with E-state index in [2.05, 4.69) is 44.7 Å². The fourth-order valence-electron chi connectivity index (χ4n) is 1.43.